The van der Waals surface area contributed by atoms with E-state index in [1.54, 1.807) is 0 Å². The first kappa shape index (κ1) is 30.2. The minimum Gasteiger partial charge on any atom is -1.00 e. The maximum Gasteiger partial charge on any atom is 1.00 e. The van der Waals surface area contributed by atoms with E-state index in [4.69, 9.17) is 14.2 Å². The summed E-state index contributed by atoms with van der Waals surface area (Å²) in [5.41, 5.74) is 5.08. The molecule has 0 aliphatic heterocycles. The van der Waals surface area contributed by atoms with Crippen LogP contribution in [0.5, 0.6) is 34.5 Å². The van der Waals surface area contributed by atoms with Crippen LogP contribution in [0.25, 0.3) is 0 Å². The predicted molar refractivity (Wildman–Crippen MR) is 165 cm³/mol. The number of carbonyl (C=O) groups excluding carboxylic acids is 1. The van der Waals surface area contributed by atoms with Crippen molar-refractivity contribution in [1.29, 1.82) is 0 Å². The van der Waals surface area contributed by atoms with Gasteiger partial charge in [0, 0.05) is 17.7 Å². The number of hydrogen-bond donors (Lipinski definition) is 0. The Morgan fingerprint density at radius 3 is 1.46 bits per heavy atom. The SMILES string of the molecule is Cc1cc(C)c(C(=O)Pc2c(Oc3ccccc3)cc(Oc3ccccc3)cc2Oc2ccccc2)c(C)c1C.[H-].[Li+]. The first-order chi connectivity index (χ1) is 19.4. The third kappa shape index (κ3) is 7.29. The quantitative estimate of drug-likeness (QED) is 0.153. The van der Waals surface area contributed by atoms with Crippen molar-refractivity contribution < 1.29 is 39.3 Å². The van der Waals surface area contributed by atoms with Crippen molar-refractivity contribution in [1.82, 2.24) is 0 Å². The van der Waals surface area contributed by atoms with Gasteiger partial charge in [-0.25, -0.2) is 0 Å². The van der Waals surface area contributed by atoms with Gasteiger partial charge in [-0.1, -0.05) is 60.7 Å². The molecule has 0 bridgehead atoms. The van der Waals surface area contributed by atoms with E-state index in [1.165, 1.54) is 5.56 Å². The molecule has 5 aromatic carbocycles. The van der Waals surface area contributed by atoms with Gasteiger partial charge >= 0.3 is 18.9 Å². The maximum atomic E-state index is 14.0. The summed E-state index contributed by atoms with van der Waals surface area (Å²) in [5, 5.41) is 0.676. The fourth-order valence-corrected chi connectivity index (χ4v) is 5.80. The topological polar surface area (TPSA) is 44.8 Å². The van der Waals surface area contributed by atoms with Crippen molar-refractivity contribution in [2.45, 2.75) is 27.7 Å². The molecule has 41 heavy (non-hydrogen) atoms. The van der Waals surface area contributed by atoms with Gasteiger partial charge in [-0.05, 0) is 94.9 Å². The Bertz CT molecular complexity index is 1580. The molecule has 0 saturated heterocycles. The first-order valence-corrected chi connectivity index (χ1v) is 14.1. The van der Waals surface area contributed by atoms with E-state index in [-0.39, 0.29) is 34.4 Å². The Hall–Kier alpha value is -3.80. The molecule has 0 amide bonds. The average molecular weight is 555 g/mol. The molecule has 0 aliphatic carbocycles. The van der Waals surface area contributed by atoms with Crippen LogP contribution in [0.2, 0.25) is 0 Å². The fraction of sp³-hybridized carbons (Fsp3) is 0.114. The molecule has 0 radical (unpaired) electrons. The molecule has 1 unspecified atom stereocenters. The summed E-state index contributed by atoms with van der Waals surface area (Å²) in [5.74, 6) is 3.56. The Morgan fingerprint density at radius 2 is 1.00 bits per heavy atom. The van der Waals surface area contributed by atoms with E-state index in [0.717, 1.165) is 22.3 Å². The molecular formula is C35H32LiO4P. The van der Waals surface area contributed by atoms with Crippen molar-refractivity contribution in [3.05, 3.63) is 137 Å². The molecule has 4 nitrogen and oxygen atoms in total. The molecule has 0 aliphatic rings. The van der Waals surface area contributed by atoms with Crippen LogP contribution in [0.3, 0.4) is 0 Å². The van der Waals surface area contributed by atoms with Crippen LogP contribution in [0, 0.1) is 27.7 Å². The Balaban J connectivity index is 0.00000242. The second kappa shape index (κ2) is 13.7. The van der Waals surface area contributed by atoms with E-state index >= 15 is 0 Å². The largest absolute Gasteiger partial charge is 1.00 e. The monoisotopic (exact) mass is 554 g/mol. The van der Waals surface area contributed by atoms with Gasteiger partial charge < -0.3 is 15.6 Å². The Labute approximate surface area is 257 Å². The smallest absolute Gasteiger partial charge is 1.00 e. The van der Waals surface area contributed by atoms with Crippen LogP contribution in [0.1, 0.15) is 34.0 Å². The zero-order valence-corrected chi connectivity index (χ0v) is 25.0. The number of benzene rings is 5. The summed E-state index contributed by atoms with van der Waals surface area (Å²) in [6.07, 6.45) is 0. The van der Waals surface area contributed by atoms with Gasteiger partial charge in [0.05, 0.1) is 5.30 Å². The van der Waals surface area contributed by atoms with Gasteiger partial charge in [0.15, 0.2) is 5.52 Å². The second-order valence-corrected chi connectivity index (χ2v) is 10.8. The summed E-state index contributed by atoms with van der Waals surface area (Å²) in [6.45, 7) is 8.16. The van der Waals surface area contributed by atoms with Crippen LogP contribution >= 0.6 is 8.58 Å². The Morgan fingerprint density at radius 1 is 0.561 bits per heavy atom. The zero-order chi connectivity index (χ0) is 28.1. The summed E-state index contributed by atoms with van der Waals surface area (Å²) in [4.78, 5) is 14.0. The molecule has 5 rings (SSSR count). The van der Waals surface area contributed by atoms with Crippen LogP contribution in [-0.2, 0) is 0 Å². The molecular weight excluding hydrogens is 522 g/mol. The fourth-order valence-electron chi connectivity index (χ4n) is 4.57. The van der Waals surface area contributed by atoms with E-state index < -0.39 is 0 Å². The third-order valence-corrected chi connectivity index (χ3v) is 8.00. The number of hydrogen-bond acceptors (Lipinski definition) is 4. The molecule has 0 N–H and O–H groups in total. The molecule has 0 spiro atoms. The normalized spacial score (nSPS) is 10.7. The van der Waals surface area contributed by atoms with Crippen LogP contribution in [0.4, 0.5) is 0 Å². The van der Waals surface area contributed by atoms with Gasteiger partial charge in [-0.3, -0.25) is 4.79 Å². The minimum absolute atomic E-state index is 0. The van der Waals surface area contributed by atoms with Gasteiger partial charge in [-0.15, -0.1) is 0 Å². The van der Waals surface area contributed by atoms with Crippen molar-refractivity contribution in [3.63, 3.8) is 0 Å². The first-order valence-electron chi connectivity index (χ1n) is 13.1. The summed E-state index contributed by atoms with van der Waals surface area (Å²) in [6, 6.07) is 34.3. The average Bonchev–Trinajstić information content (AvgIpc) is 2.95. The summed E-state index contributed by atoms with van der Waals surface area (Å²) in [7, 11) is -0.237. The van der Waals surface area contributed by atoms with Crippen molar-refractivity contribution in [2.24, 2.45) is 0 Å². The summed E-state index contributed by atoms with van der Waals surface area (Å²) >= 11 is 0. The predicted octanol–water partition coefficient (Wildman–Crippen LogP) is 6.56. The standard InChI is InChI=1S/C35H31O4P.Li.H/c1-23-20-24(2)33(26(4)25(23)3)35(36)40-34-31(38-28-16-10-6-11-17-28)21-30(37-27-14-8-5-9-15-27)22-32(34)39-29-18-12-7-13-19-29;;/h5-22,40H,1-4H3;;/q;+1;-1. The number of carbonyl (C=O) groups is 1. The van der Waals surface area contributed by atoms with Gasteiger partial charge in [0.1, 0.15) is 34.5 Å². The van der Waals surface area contributed by atoms with E-state index in [1.807, 2.05) is 117 Å². The van der Waals surface area contributed by atoms with Gasteiger partial charge in [-0.2, -0.15) is 0 Å². The van der Waals surface area contributed by atoms with Crippen LogP contribution in [0.15, 0.2) is 109 Å². The van der Waals surface area contributed by atoms with Gasteiger partial charge in [0.25, 0.3) is 0 Å². The molecule has 6 heteroatoms. The van der Waals surface area contributed by atoms with Crippen LogP contribution < -0.4 is 38.4 Å². The number of rotatable bonds is 9. The molecule has 0 aromatic heterocycles. The van der Waals surface area contributed by atoms with E-state index in [9.17, 15) is 4.79 Å². The molecule has 1 atom stereocenters. The van der Waals surface area contributed by atoms with Gasteiger partial charge in [0.2, 0.25) is 0 Å². The zero-order valence-electron chi connectivity index (χ0n) is 25.0. The van der Waals surface area contributed by atoms with E-state index in [2.05, 4.69) is 19.9 Å². The number of para-hydroxylation sites is 3. The third-order valence-electron chi connectivity index (χ3n) is 6.78. The van der Waals surface area contributed by atoms with Crippen molar-refractivity contribution >= 4 is 19.4 Å². The Kier molecular flexibility index (Phi) is 10.1. The summed E-state index contributed by atoms with van der Waals surface area (Å²) < 4.78 is 19.0. The molecule has 0 saturated carbocycles. The minimum atomic E-state index is -0.237. The molecule has 202 valence electrons. The maximum absolute atomic E-state index is 14.0. The molecule has 0 fully saturated rings. The van der Waals surface area contributed by atoms with Crippen molar-refractivity contribution in [2.75, 3.05) is 0 Å². The molecule has 0 heterocycles. The second-order valence-electron chi connectivity index (χ2n) is 9.63. The number of aryl methyl sites for hydroxylation is 2. The van der Waals surface area contributed by atoms with E-state index in [0.29, 0.717) is 39.8 Å². The molecule has 5 aromatic rings. The van der Waals surface area contributed by atoms with Crippen LogP contribution in [-0.4, -0.2) is 5.52 Å². The van der Waals surface area contributed by atoms with Crippen molar-refractivity contribution in [3.8, 4) is 34.5 Å². The number of ether oxygens (including phenoxy) is 3.